The lowest BCUT2D eigenvalue weighted by atomic mass is 9.88. The van der Waals surface area contributed by atoms with E-state index in [-0.39, 0.29) is 0 Å². The molecule has 1 aliphatic carbocycles. The van der Waals surface area contributed by atoms with Crippen LogP contribution in [0.5, 0.6) is 0 Å². The van der Waals surface area contributed by atoms with Gasteiger partial charge in [-0.05, 0) is 25.2 Å². The number of Topliss-reactive ketones (excluding diaryl/α,β-unsaturated/α-hetero) is 1. The fourth-order valence-electron chi connectivity index (χ4n) is 2.34. The summed E-state index contributed by atoms with van der Waals surface area (Å²) < 4.78 is 0. The smallest absolute Gasteiger partial charge is 0.132 e. The highest BCUT2D eigenvalue weighted by molar-refractivity contribution is 5.79. The predicted molar refractivity (Wildman–Crippen MR) is 63.3 cm³/mol. The van der Waals surface area contributed by atoms with Crippen LogP contribution in [0.2, 0.25) is 0 Å². The highest BCUT2D eigenvalue weighted by Crippen LogP contribution is 2.29. The van der Waals surface area contributed by atoms with E-state index < -0.39 is 0 Å². The minimum absolute atomic E-state index is 0.408. The van der Waals surface area contributed by atoms with Crippen LogP contribution in [0.15, 0.2) is 6.20 Å². The third kappa shape index (κ3) is 2.71. The molecule has 1 aromatic rings. The summed E-state index contributed by atoms with van der Waals surface area (Å²) in [4.78, 5) is 19.0. The monoisotopic (exact) mass is 220 g/mol. The van der Waals surface area contributed by atoms with Crippen molar-refractivity contribution >= 4 is 5.78 Å². The van der Waals surface area contributed by atoms with Gasteiger partial charge in [0, 0.05) is 30.7 Å². The number of hydrogen-bond acceptors (Lipinski definition) is 2. The average molecular weight is 220 g/mol. The van der Waals surface area contributed by atoms with Crippen LogP contribution in [-0.2, 0) is 11.2 Å². The Balaban J connectivity index is 1.99. The number of nitrogens with one attached hydrogen (secondary N) is 1. The molecule has 3 nitrogen and oxygen atoms in total. The first-order valence-corrected chi connectivity index (χ1v) is 6.20. The van der Waals surface area contributed by atoms with E-state index in [2.05, 4.69) is 23.8 Å². The van der Waals surface area contributed by atoms with E-state index in [0.717, 1.165) is 37.9 Å². The fraction of sp³-hybridized carbons (Fsp3) is 0.692. The molecule has 1 aromatic heterocycles. The highest BCUT2D eigenvalue weighted by atomic mass is 16.1. The maximum absolute atomic E-state index is 11.2. The minimum Gasteiger partial charge on any atom is -0.346 e. The lowest BCUT2D eigenvalue weighted by Crippen LogP contribution is -2.13. The molecule has 1 fully saturated rings. The molecule has 0 bridgehead atoms. The van der Waals surface area contributed by atoms with E-state index in [1.54, 1.807) is 0 Å². The Kier molecular flexibility index (Phi) is 3.42. The van der Waals surface area contributed by atoms with Gasteiger partial charge in [-0.2, -0.15) is 0 Å². The number of imidazole rings is 1. The average Bonchev–Trinajstić information content (AvgIpc) is 2.66. The van der Waals surface area contributed by atoms with Gasteiger partial charge in [0.25, 0.3) is 0 Å². The molecular weight excluding hydrogens is 200 g/mol. The molecule has 1 heterocycles. The highest BCUT2D eigenvalue weighted by Gasteiger charge is 2.22. The lowest BCUT2D eigenvalue weighted by molar-refractivity contribution is -0.120. The van der Waals surface area contributed by atoms with E-state index >= 15 is 0 Å². The van der Waals surface area contributed by atoms with Gasteiger partial charge in [-0.1, -0.05) is 13.8 Å². The van der Waals surface area contributed by atoms with Crippen LogP contribution in [0, 0.1) is 5.92 Å². The molecule has 0 saturated heterocycles. The Morgan fingerprint density at radius 1 is 1.44 bits per heavy atom. The molecule has 0 unspecified atom stereocenters. The van der Waals surface area contributed by atoms with E-state index in [4.69, 9.17) is 0 Å². The van der Waals surface area contributed by atoms with E-state index in [1.807, 2.05) is 6.20 Å². The first kappa shape index (κ1) is 11.4. The van der Waals surface area contributed by atoms with Gasteiger partial charge < -0.3 is 4.98 Å². The number of hydrogen-bond donors (Lipinski definition) is 1. The number of aromatic nitrogens is 2. The van der Waals surface area contributed by atoms with Gasteiger partial charge in [0.1, 0.15) is 11.6 Å². The number of ketones is 1. The van der Waals surface area contributed by atoms with Gasteiger partial charge in [-0.3, -0.25) is 4.79 Å². The zero-order valence-corrected chi connectivity index (χ0v) is 10.1. The molecule has 0 radical (unpaired) electrons. The number of nitrogens with zero attached hydrogens (tertiary/aromatic N) is 1. The molecule has 0 aromatic carbocycles. The summed E-state index contributed by atoms with van der Waals surface area (Å²) in [5.41, 5.74) is 1.22. The largest absolute Gasteiger partial charge is 0.346 e. The van der Waals surface area contributed by atoms with Crippen LogP contribution in [-0.4, -0.2) is 15.8 Å². The number of rotatable bonds is 3. The van der Waals surface area contributed by atoms with E-state index in [9.17, 15) is 4.79 Å². The van der Waals surface area contributed by atoms with Gasteiger partial charge in [0.2, 0.25) is 0 Å². The Morgan fingerprint density at radius 2 is 2.12 bits per heavy atom. The molecule has 16 heavy (non-hydrogen) atoms. The molecule has 0 atom stereocenters. The van der Waals surface area contributed by atoms with Crippen LogP contribution in [0.3, 0.4) is 0 Å². The molecule has 0 spiro atoms. The summed E-state index contributed by atoms with van der Waals surface area (Å²) in [7, 11) is 0. The van der Waals surface area contributed by atoms with Gasteiger partial charge in [-0.25, -0.2) is 4.98 Å². The van der Waals surface area contributed by atoms with Crippen molar-refractivity contribution in [1.29, 1.82) is 0 Å². The first-order valence-electron chi connectivity index (χ1n) is 6.20. The number of H-pyrrole nitrogens is 1. The Hall–Kier alpha value is -1.12. The van der Waals surface area contributed by atoms with Gasteiger partial charge in [0.15, 0.2) is 0 Å². The van der Waals surface area contributed by atoms with Crippen molar-refractivity contribution in [2.75, 3.05) is 0 Å². The standard InChI is InChI=1S/C13H20N2O/c1-9(2)7-11-8-14-13(15-11)10-3-5-12(16)6-4-10/h8-10H,3-7H2,1-2H3,(H,14,15). The SMILES string of the molecule is CC(C)Cc1cnc(C2CCC(=O)CC2)[nH]1. The Labute approximate surface area is 96.7 Å². The van der Waals surface area contributed by atoms with Crippen molar-refractivity contribution in [3.63, 3.8) is 0 Å². The second-order valence-electron chi connectivity index (χ2n) is 5.20. The summed E-state index contributed by atoms with van der Waals surface area (Å²) in [6.07, 6.45) is 6.39. The molecule has 2 rings (SSSR count). The van der Waals surface area contributed by atoms with Crippen molar-refractivity contribution in [3.8, 4) is 0 Å². The normalized spacial score (nSPS) is 18.3. The third-order valence-corrected chi connectivity index (χ3v) is 3.21. The van der Waals surface area contributed by atoms with Crippen LogP contribution in [0.1, 0.15) is 57.0 Å². The van der Waals surface area contributed by atoms with Crippen LogP contribution >= 0.6 is 0 Å². The summed E-state index contributed by atoms with van der Waals surface area (Å²) in [6.45, 7) is 4.42. The molecule has 1 saturated carbocycles. The van der Waals surface area contributed by atoms with Crippen LogP contribution < -0.4 is 0 Å². The quantitative estimate of drug-likeness (QED) is 0.851. The number of carbonyl (C=O) groups excluding carboxylic acids is 1. The Bertz CT molecular complexity index is 358. The molecule has 1 N–H and O–H groups in total. The molecular formula is C13H20N2O. The lowest BCUT2D eigenvalue weighted by Gasteiger charge is -2.18. The summed E-state index contributed by atoms with van der Waals surface area (Å²) in [5, 5.41) is 0. The molecule has 3 heteroatoms. The van der Waals surface area contributed by atoms with Crippen molar-refractivity contribution < 1.29 is 4.79 Å². The third-order valence-electron chi connectivity index (χ3n) is 3.21. The summed E-state index contributed by atoms with van der Waals surface area (Å²) in [5.74, 6) is 2.62. The fourth-order valence-corrected chi connectivity index (χ4v) is 2.34. The molecule has 88 valence electrons. The molecule has 0 aliphatic heterocycles. The second-order valence-corrected chi connectivity index (χ2v) is 5.20. The van der Waals surface area contributed by atoms with Gasteiger partial charge in [0.05, 0.1) is 0 Å². The summed E-state index contributed by atoms with van der Waals surface area (Å²) >= 11 is 0. The van der Waals surface area contributed by atoms with E-state index in [0.29, 0.717) is 17.6 Å². The first-order chi connectivity index (χ1) is 7.65. The van der Waals surface area contributed by atoms with E-state index in [1.165, 1.54) is 5.69 Å². The molecule has 1 aliphatic rings. The number of aromatic amines is 1. The minimum atomic E-state index is 0.408. The van der Waals surface area contributed by atoms with Crippen LogP contribution in [0.25, 0.3) is 0 Å². The van der Waals surface area contributed by atoms with Crippen molar-refractivity contribution in [3.05, 3.63) is 17.7 Å². The molecule has 0 amide bonds. The topological polar surface area (TPSA) is 45.8 Å². The maximum Gasteiger partial charge on any atom is 0.132 e. The zero-order valence-electron chi connectivity index (χ0n) is 10.1. The van der Waals surface area contributed by atoms with Crippen molar-refractivity contribution in [1.82, 2.24) is 9.97 Å². The maximum atomic E-state index is 11.2. The predicted octanol–water partition coefficient (Wildman–Crippen LogP) is 2.83. The number of carbonyl (C=O) groups is 1. The van der Waals surface area contributed by atoms with Gasteiger partial charge in [-0.15, -0.1) is 0 Å². The van der Waals surface area contributed by atoms with Crippen LogP contribution in [0.4, 0.5) is 0 Å². The second kappa shape index (κ2) is 4.81. The zero-order chi connectivity index (χ0) is 11.5. The Morgan fingerprint density at radius 3 is 2.75 bits per heavy atom. The van der Waals surface area contributed by atoms with Crippen molar-refractivity contribution in [2.45, 2.75) is 51.9 Å². The van der Waals surface area contributed by atoms with Crippen molar-refractivity contribution in [2.24, 2.45) is 5.92 Å². The van der Waals surface area contributed by atoms with Gasteiger partial charge >= 0.3 is 0 Å². The summed E-state index contributed by atoms with van der Waals surface area (Å²) in [6, 6.07) is 0.